The number of carbonyl (C=O) groups excluding carboxylic acids is 1. The summed E-state index contributed by atoms with van der Waals surface area (Å²) in [6.45, 7) is 2.06. The molecule has 1 heterocycles. The van der Waals surface area contributed by atoms with Gasteiger partial charge in [-0.3, -0.25) is 0 Å². The Hall–Kier alpha value is -1.40. The predicted octanol–water partition coefficient (Wildman–Crippen LogP) is 3.20. The summed E-state index contributed by atoms with van der Waals surface area (Å²) in [6, 6.07) is 7.50. The molecule has 2 rings (SSSR count). The highest BCUT2D eigenvalue weighted by Gasteiger charge is 2.31. The van der Waals surface area contributed by atoms with Gasteiger partial charge in [-0.25, -0.2) is 4.79 Å². The molecule has 0 radical (unpaired) electrons. The number of ether oxygens (including phenoxy) is 1. The lowest BCUT2D eigenvalue weighted by atomic mass is 9.94. The maximum absolute atomic E-state index is 12.2. The molecule has 0 amide bonds. The van der Waals surface area contributed by atoms with Gasteiger partial charge in [-0.2, -0.15) is 0 Å². The van der Waals surface area contributed by atoms with Crippen LogP contribution in [-0.2, 0) is 9.53 Å². The van der Waals surface area contributed by atoms with E-state index in [0.717, 1.165) is 28.6 Å². The van der Waals surface area contributed by atoms with Crippen LogP contribution in [0.1, 0.15) is 31.4 Å². The number of allylic oxidation sites excluding steroid dienone is 1. The third-order valence-electron chi connectivity index (χ3n) is 3.24. The number of esters is 1. The Kier molecular flexibility index (Phi) is 5.36. The summed E-state index contributed by atoms with van der Waals surface area (Å²) >= 11 is 8.72. The Bertz CT molecular complexity index is 601. The molecule has 4 nitrogen and oxygen atoms in total. The Labute approximate surface area is 138 Å². The van der Waals surface area contributed by atoms with Crippen molar-refractivity contribution in [1.82, 2.24) is 10.6 Å². The van der Waals surface area contributed by atoms with Crippen molar-refractivity contribution >= 4 is 39.2 Å². The van der Waals surface area contributed by atoms with Crippen LogP contribution in [0.4, 0.5) is 0 Å². The lowest BCUT2D eigenvalue weighted by Crippen LogP contribution is -2.45. The number of methoxy groups -OCH3 is 1. The lowest BCUT2D eigenvalue weighted by molar-refractivity contribution is -0.136. The number of hydrogen-bond acceptors (Lipinski definition) is 3. The van der Waals surface area contributed by atoms with E-state index in [9.17, 15) is 4.79 Å². The smallest absolute Gasteiger partial charge is 0.337 e. The number of hydrogen-bond donors (Lipinski definition) is 2. The van der Waals surface area contributed by atoms with Crippen molar-refractivity contribution in [2.24, 2.45) is 0 Å². The Morgan fingerprint density at radius 2 is 2.24 bits per heavy atom. The largest absolute Gasteiger partial charge is 0.466 e. The second kappa shape index (κ2) is 7.04. The fraction of sp³-hybridized carbons (Fsp3) is 0.333. The minimum absolute atomic E-state index is 0.301. The Morgan fingerprint density at radius 1 is 1.48 bits per heavy atom. The van der Waals surface area contributed by atoms with E-state index in [2.05, 4.69) is 33.5 Å². The molecule has 0 aromatic heterocycles. The minimum Gasteiger partial charge on any atom is -0.466 e. The first-order valence-electron chi connectivity index (χ1n) is 6.71. The maximum atomic E-state index is 12.2. The van der Waals surface area contributed by atoms with Crippen LogP contribution >= 0.6 is 28.1 Å². The molecule has 0 saturated carbocycles. The van der Waals surface area contributed by atoms with E-state index in [1.165, 1.54) is 7.11 Å². The van der Waals surface area contributed by atoms with E-state index < -0.39 is 0 Å². The monoisotopic (exact) mass is 368 g/mol. The van der Waals surface area contributed by atoms with Crippen molar-refractivity contribution in [3.63, 3.8) is 0 Å². The van der Waals surface area contributed by atoms with Gasteiger partial charge in [0.1, 0.15) is 0 Å². The van der Waals surface area contributed by atoms with Crippen LogP contribution in [0, 0.1) is 0 Å². The second-order valence-corrected chi connectivity index (χ2v) is 6.04. The summed E-state index contributed by atoms with van der Waals surface area (Å²) in [7, 11) is 1.39. The van der Waals surface area contributed by atoms with Crippen molar-refractivity contribution in [1.29, 1.82) is 0 Å². The summed E-state index contributed by atoms with van der Waals surface area (Å²) in [5.74, 6) is -0.342. The third kappa shape index (κ3) is 3.63. The zero-order valence-corrected chi connectivity index (χ0v) is 14.3. The highest BCUT2D eigenvalue weighted by molar-refractivity contribution is 9.10. The molecule has 0 spiro atoms. The molecule has 0 aliphatic carbocycles. The van der Waals surface area contributed by atoms with Crippen LogP contribution in [-0.4, -0.2) is 18.2 Å². The van der Waals surface area contributed by atoms with Crippen LogP contribution in [0.2, 0.25) is 0 Å². The van der Waals surface area contributed by atoms with Crippen molar-refractivity contribution in [3.8, 4) is 0 Å². The number of thiocarbonyl (C=S) groups is 1. The Balaban J connectivity index is 2.52. The standard InChI is InChI=1S/C15H17BrN2O2S/c1-3-5-11-12(14(19)20-2)13(18-15(21)17-11)9-6-4-7-10(16)8-9/h4,6-8,13H,3,5H2,1-2H3,(H2,17,18,21)/t13-/m1/s1. The lowest BCUT2D eigenvalue weighted by Gasteiger charge is -2.31. The second-order valence-electron chi connectivity index (χ2n) is 4.72. The fourth-order valence-corrected chi connectivity index (χ4v) is 3.01. The number of rotatable bonds is 4. The Morgan fingerprint density at radius 3 is 2.86 bits per heavy atom. The minimum atomic E-state index is -0.342. The molecule has 0 bridgehead atoms. The summed E-state index contributed by atoms with van der Waals surface area (Å²) in [4.78, 5) is 12.2. The first kappa shape index (κ1) is 16.0. The van der Waals surface area contributed by atoms with Crippen molar-refractivity contribution in [3.05, 3.63) is 45.6 Å². The molecule has 112 valence electrons. The highest BCUT2D eigenvalue weighted by atomic mass is 79.9. The summed E-state index contributed by atoms with van der Waals surface area (Å²) in [5, 5.41) is 6.76. The third-order valence-corrected chi connectivity index (χ3v) is 3.95. The van der Waals surface area contributed by atoms with Gasteiger partial charge >= 0.3 is 5.97 Å². The van der Waals surface area contributed by atoms with Gasteiger partial charge in [0.15, 0.2) is 5.11 Å². The summed E-state index contributed by atoms with van der Waals surface area (Å²) < 4.78 is 5.90. The molecule has 1 aromatic carbocycles. The van der Waals surface area contributed by atoms with Crippen molar-refractivity contribution in [2.45, 2.75) is 25.8 Å². The van der Waals surface area contributed by atoms with Crippen LogP contribution in [0.15, 0.2) is 40.0 Å². The quantitative estimate of drug-likeness (QED) is 0.631. The predicted molar refractivity (Wildman–Crippen MR) is 89.7 cm³/mol. The molecule has 1 aliphatic rings. The van der Waals surface area contributed by atoms with E-state index in [0.29, 0.717) is 10.7 Å². The van der Waals surface area contributed by atoms with Crippen LogP contribution in [0.25, 0.3) is 0 Å². The van der Waals surface area contributed by atoms with Gasteiger partial charge in [0.25, 0.3) is 0 Å². The van der Waals surface area contributed by atoms with Gasteiger partial charge in [-0.15, -0.1) is 0 Å². The number of carbonyl (C=O) groups is 1. The van der Waals surface area contributed by atoms with E-state index in [1.54, 1.807) is 0 Å². The first-order valence-corrected chi connectivity index (χ1v) is 7.91. The number of benzene rings is 1. The molecule has 6 heteroatoms. The van der Waals surface area contributed by atoms with Gasteiger partial charge in [-0.1, -0.05) is 41.4 Å². The average Bonchev–Trinajstić information content (AvgIpc) is 2.46. The van der Waals surface area contributed by atoms with E-state index in [4.69, 9.17) is 17.0 Å². The SMILES string of the molecule is CCCC1=C(C(=O)OC)[C@@H](c2cccc(Br)c2)NC(=S)N1. The highest BCUT2D eigenvalue weighted by Crippen LogP contribution is 2.30. The van der Waals surface area contributed by atoms with E-state index >= 15 is 0 Å². The molecule has 2 N–H and O–H groups in total. The molecule has 0 saturated heterocycles. The fourth-order valence-electron chi connectivity index (χ4n) is 2.35. The first-order chi connectivity index (χ1) is 10.1. The van der Waals surface area contributed by atoms with Gasteiger partial charge in [-0.05, 0) is 36.3 Å². The molecule has 0 fully saturated rings. The van der Waals surface area contributed by atoms with Crippen LogP contribution in [0.3, 0.4) is 0 Å². The molecular formula is C15H17BrN2O2S. The van der Waals surface area contributed by atoms with Crippen molar-refractivity contribution in [2.75, 3.05) is 7.11 Å². The number of halogens is 1. The van der Waals surface area contributed by atoms with E-state index in [-0.39, 0.29) is 12.0 Å². The molecule has 0 unspecified atom stereocenters. The summed E-state index contributed by atoms with van der Waals surface area (Å²) in [6.07, 6.45) is 1.66. The van der Waals surface area contributed by atoms with Gasteiger partial charge < -0.3 is 15.4 Å². The molecule has 1 aromatic rings. The van der Waals surface area contributed by atoms with Crippen LogP contribution < -0.4 is 10.6 Å². The van der Waals surface area contributed by atoms with Crippen molar-refractivity contribution < 1.29 is 9.53 Å². The maximum Gasteiger partial charge on any atom is 0.337 e. The zero-order valence-electron chi connectivity index (χ0n) is 11.9. The number of nitrogens with one attached hydrogen (secondary N) is 2. The topological polar surface area (TPSA) is 50.4 Å². The van der Waals surface area contributed by atoms with Gasteiger partial charge in [0, 0.05) is 10.2 Å². The molecule has 1 aliphatic heterocycles. The van der Waals surface area contributed by atoms with Gasteiger partial charge in [0.2, 0.25) is 0 Å². The molecule has 21 heavy (non-hydrogen) atoms. The van der Waals surface area contributed by atoms with E-state index in [1.807, 2.05) is 24.3 Å². The normalized spacial score (nSPS) is 18.0. The molecule has 1 atom stereocenters. The zero-order chi connectivity index (χ0) is 15.4. The van der Waals surface area contributed by atoms with Gasteiger partial charge in [0.05, 0.1) is 18.7 Å². The van der Waals surface area contributed by atoms with Crippen LogP contribution in [0.5, 0.6) is 0 Å². The average molecular weight is 369 g/mol. The molecular weight excluding hydrogens is 352 g/mol. The summed E-state index contributed by atoms with van der Waals surface area (Å²) in [5.41, 5.74) is 2.38.